The van der Waals surface area contributed by atoms with E-state index in [1.165, 1.54) is 0 Å². The van der Waals surface area contributed by atoms with Gasteiger partial charge in [-0.2, -0.15) is 0 Å². The van der Waals surface area contributed by atoms with Crippen molar-refractivity contribution in [1.29, 1.82) is 0 Å². The number of rotatable bonds is 7. The lowest BCUT2D eigenvalue weighted by molar-refractivity contribution is -0.142. The number of furan rings is 1. The lowest BCUT2D eigenvalue weighted by Gasteiger charge is -2.34. The van der Waals surface area contributed by atoms with Crippen LogP contribution in [0.5, 0.6) is 0 Å². The fraction of sp³-hybridized carbons (Fsp3) is 0.700. The first-order valence-corrected chi connectivity index (χ1v) is 9.91. The summed E-state index contributed by atoms with van der Waals surface area (Å²) >= 11 is 0. The molecule has 1 aromatic rings. The van der Waals surface area contributed by atoms with Gasteiger partial charge in [0, 0.05) is 46.2 Å². The van der Waals surface area contributed by atoms with E-state index in [1.807, 2.05) is 24.0 Å². The molecule has 2 aliphatic rings. The number of carbonyl (C=O) groups excluding carboxylic acids is 2. The van der Waals surface area contributed by atoms with Crippen LogP contribution in [-0.4, -0.2) is 79.5 Å². The van der Waals surface area contributed by atoms with E-state index in [4.69, 9.17) is 9.15 Å². The van der Waals surface area contributed by atoms with Crippen molar-refractivity contribution in [3.05, 3.63) is 23.7 Å². The summed E-state index contributed by atoms with van der Waals surface area (Å²) in [5.41, 5.74) is 0. The highest BCUT2D eigenvalue weighted by Crippen LogP contribution is 2.21. The Morgan fingerprint density at radius 3 is 2.74 bits per heavy atom. The Balaban J connectivity index is 1.46. The van der Waals surface area contributed by atoms with Crippen molar-refractivity contribution in [2.75, 3.05) is 53.0 Å². The van der Waals surface area contributed by atoms with Gasteiger partial charge in [0.25, 0.3) is 0 Å². The zero-order chi connectivity index (χ0) is 19.2. The fourth-order valence-corrected chi connectivity index (χ4v) is 3.84. The first kappa shape index (κ1) is 19.9. The smallest absolute Gasteiger partial charge is 0.227 e. The molecule has 1 unspecified atom stereocenters. The largest absolute Gasteiger partial charge is 0.464 e. The molecule has 7 heteroatoms. The second kappa shape index (κ2) is 9.37. The van der Waals surface area contributed by atoms with E-state index in [0.29, 0.717) is 25.9 Å². The standard InChI is InChI=1S/C20H31N3O4/c1-16-4-6-18(27-16)15-21(2)20(25)17-5-7-19(24)23(14-17)9-3-8-22-10-12-26-13-11-22/h4,6,17H,3,5,7-15H2,1-2H3. The van der Waals surface area contributed by atoms with Gasteiger partial charge in [-0.1, -0.05) is 0 Å². The van der Waals surface area contributed by atoms with Gasteiger partial charge in [0.15, 0.2) is 0 Å². The molecule has 2 aliphatic heterocycles. The summed E-state index contributed by atoms with van der Waals surface area (Å²) in [7, 11) is 1.80. The van der Waals surface area contributed by atoms with E-state index in [1.54, 1.807) is 11.9 Å². The summed E-state index contributed by atoms with van der Waals surface area (Å²) < 4.78 is 10.9. The molecule has 27 heavy (non-hydrogen) atoms. The van der Waals surface area contributed by atoms with E-state index < -0.39 is 0 Å². The van der Waals surface area contributed by atoms with E-state index in [9.17, 15) is 9.59 Å². The van der Waals surface area contributed by atoms with Crippen LogP contribution in [0.15, 0.2) is 16.5 Å². The van der Waals surface area contributed by atoms with Crippen LogP contribution in [0, 0.1) is 12.8 Å². The maximum atomic E-state index is 12.8. The lowest BCUT2D eigenvalue weighted by Crippen LogP contribution is -2.47. The van der Waals surface area contributed by atoms with Crippen LogP contribution in [0.1, 0.15) is 30.8 Å². The normalized spacial score (nSPS) is 21.5. The Morgan fingerprint density at radius 1 is 1.26 bits per heavy atom. The third-order valence-electron chi connectivity index (χ3n) is 5.42. The Kier molecular flexibility index (Phi) is 6.90. The summed E-state index contributed by atoms with van der Waals surface area (Å²) in [5, 5.41) is 0. The summed E-state index contributed by atoms with van der Waals surface area (Å²) in [6.45, 7) is 8.10. The summed E-state index contributed by atoms with van der Waals surface area (Å²) in [4.78, 5) is 31.0. The maximum absolute atomic E-state index is 12.8. The quantitative estimate of drug-likeness (QED) is 0.721. The van der Waals surface area contributed by atoms with Crippen LogP contribution in [0.25, 0.3) is 0 Å². The molecule has 2 fully saturated rings. The molecule has 150 valence electrons. The van der Waals surface area contributed by atoms with Gasteiger partial charge in [-0.05, 0) is 31.9 Å². The number of likely N-dealkylation sites (tertiary alicyclic amines) is 1. The summed E-state index contributed by atoms with van der Waals surface area (Å²) in [6, 6.07) is 3.81. The van der Waals surface area contributed by atoms with E-state index in [2.05, 4.69) is 4.90 Å². The average Bonchev–Trinajstić information content (AvgIpc) is 3.08. The fourth-order valence-electron chi connectivity index (χ4n) is 3.84. The Labute approximate surface area is 161 Å². The first-order valence-electron chi connectivity index (χ1n) is 9.91. The molecule has 0 radical (unpaired) electrons. The number of morpholine rings is 1. The van der Waals surface area contributed by atoms with Crippen molar-refractivity contribution in [3.8, 4) is 0 Å². The summed E-state index contributed by atoms with van der Waals surface area (Å²) in [5.74, 6) is 1.78. The van der Waals surface area contributed by atoms with Crippen molar-refractivity contribution < 1.29 is 18.7 Å². The number of aryl methyl sites for hydroxylation is 1. The van der Waals surface area contributed by atoms with Crippen molar-refractivity contribution in [3.63, 3.8) is 0 Å². The van der Waals surface area contributed by atoms with E-state index in [-0.39, 0.29) is 17.7 Å². The lowest BCUT2D eigenvalue weighted by atomic mass is 9.96. The summed E-state index contributed by atoms with van der Waals surface area (Å²) in [6.07, 6.45) is 2.04. The molecule has 0 aliphatic carbocycles. The predicted molar refractivity (Wildman–Crippen MR) is 101 cm³/mol. The first-order chi connectivity index (χ1) is 13.0. The minimum Gasteiger partial charge on any atom is -0.464 e. The van der Waals surface area contributed by atoms with Crippen molar-refractivity contribution in [2.24, 2.45) is 5.92 Å². The zero-order valence-electron chi connectivity index (χ0n) is 16.5. The molecule has 0 saturated carbocycles. The molecule has 0 aromatic carbocycles. The van der Waals surface area contributed by atoms with Crippen molar-refractivity contribution in [2.45, 2.75) is 32.7 Å². The highest BCUT2D eigenvalue weighted by atomic mass is 16.5. The topological polar surface area (TPSA) is 66.2 Å². The van der Waals surface area contributed by atoms with Crippen LogP contribution in [0.2, 0.25) is 0 Å². The van der Waals surface area contributed by atoms with Gasteiger partial charge in [0.2, 0.25) is 11.8 Å². The highest BCUT2D eigenvalue weighted by molar-refractivity contribution is 5.83. The van der Waals surface area contributed by atoms with E-state index in [0.717, 1.165) is 57.3 Å². The van der Waals surface area contributed by atoms with Crippen LogP contribution in [0.4, 0.5) is 0 Å². The number of hydrogen-bond acceptors (Lipinski definition) is 5. The molecule has 0 spiro atoms. The molecular formula is C20H31N3O4. The minimum atomic E-state index is -0.118. The molecular weight excluding hydrogens is 346 g/mol. The third kappa shape index (κ3) is 5.56. The Morgan fingerprint density at radius 2 is 2.04 bits per heavy atom. The molecule has 1 atom stereocenters. The zero-order valence-corrected chi connectivity index (χ0v) is 16.5. The minimum absolute atomic E-state index is 0.0923. The molecule has 2 saturated heterocycles. The van der Waals surface area contributed by atoms with Gasteiger partial charge in [0.05, 0.1) is 25.7 Å². The monoisotopic (exact) mass is 377 g/mol. The Hall–Kier alpha value is -1.86. The van der Waals surface area contributed by atoms with Gasteiger partial charge in [-0.25, -0.2) is 0 Å². The second-order valence-corrected chi connectivity index (χ2v) is 7.59. The third-order valence-corrected chi connectivity index (χ3v) is 5.42. The molecule has 0 bridgehead atoms. The predicted octanol–water partition coefficient (Wildman–Crippen LogP) is 1.51. The van der Waals surface area contributed by atoms with Gasteiger partial charge < -0.3 is 19.0 Å². The van der Waals surface area contributed by atoms with Crippen LogP contribution < -0.4 is 0 Å². The Bertz CT molecular complexity index is 639. The second-order valence-electron chi connectivity index (χ2n) is 7.59. The van der Waals surface area contributed by atoms with Gasteiger partial charge in [0.1, 0.15) is 11.5 Å². The molecule has 0 N–H and O–H groups in total. The van der Waals surface area contributed by atoms with Crippen molar-refractivity contribution >= 4 is 11.8 Å². The number of hydrogen-bond donors (Lipinski definition) is 0. The number of carbonyl (C=O) groups is 2. The molecule has 3 rings (SSSR count). The highest BCUT2D eigenvalue weighted by Gasteiger charge is 2.31. The number of amides is 2. The van der Waals surface area contributed by atoms with Gasteiger partial charge in [-0.15, -0.1) is 0 Å². The molecule has 7 nitrogen and oxygen atoms in total. The van der Waals surface area contributed by atoms with Crippen LogP contribution in [-0.2, 0) is 20.9 Å². The maximum Gasteiger partial charge on any atom is 0.227 e. The van der Waals surface area contributed by atoms with Crippen LogP contribution >= 0.6 is 0 Å². The number of nitrogens with zero attached hydrogens (tertiary/aromatic N) is 3. The van der Waals surface area contributed by atoms with Gasteiger partial charge >= 0.3 is 0 Å². The van der Waals surface area contributed by atoms with E-state index >= 15 is 0 Å². The number of piperidine rings is 1. The average molecular weight is 377 g/mol. The number of ether oxygens (including phenoxy) is 1. The van der Waals surface area contributed by atoms with Gasteiger partial charge in [-0.3, -0.25) is 14.5 Å². The SMILES string of the molecule is Cc1ccc(CN(C)C(=O)C2CCC(=O)N(CCCN3CCOCC3)C2)o1. The van der Waals surface area contributed by atoms with Crippen molar-refractivity contribution in [1.82, 2.24) is 14.7 Å². The van der Waals surface area contributed by atoms with Crippen LogP contribution in [0.3, 0.4) is 0 Å². The molecule has 2 amide bonds. The molecule has 1 aromatic heterocycles. The molecule has 3 heterocycles.